The monoisotopic (exact) mass is 292 g/mol. The first-order chi connectivity index (χ1) is 10.3. The largest absolute Gasteiger partial charge is 0.396 e. The fraction of sp³-hybridized carbons (Fsp3) is 0.562. The van der Waals surface area contributed by atoms with E-state index in [-0.39, 0.29) is 18.7 Å². The first-order valence-corrected chi connectivity index (χ1v) is 7.50. The highest BCUT2D eigenvalue weighted by Crippen LogP contribution is 2.35. The van der Waals surface area contributed by atoms with E-state index in [0.717, 1.165) is 12.8 Å². The molecule has 1 atom stereocenters. The number of amides is 2. The van der Waals surface area contributed by atoms with Crippen molar-refractivity contribution in [2.75, 3.05) is 33.4 Å². The minimum absolute atomic E-state index is 0.0813. The van der Waals surface area contributed by atoms with Gasteiger partial charge in [-0.05, 0) is 30.4 Å². The summed E-state index contributed by atoms with van der Waals surface area (Å²) in [6, 6.07) is 8.31. The second-order valence-electron chi connectivity index (χ2n) is 5.25. The zero-order valence-electron chi connectivity index (χ0n) is 12.5. The van der Waals surface area contributed by atoms with Crippen molar-refractivity contribution in [2.24, 2.45) is 0 Å². The van der Waals surface area contributed by atoms with Gasteiger partial charge < -0.3 is 20.1 Å². The molecule has 0 aromatic heterocycles. The van der Waals surface area contributed by atoms with Gasteiger partial charge in [-0.25, -0.2) is 4.79 Å². The lowest BCUT2D eigenvalue weighted by Gasteiger charge is -2.30. The van der Waals surface area contributed by atoms with Gasteiger partial charge in [0.2, 0.25) is 0 Å². The van der Waals surface area contributed by atoms with Crippen LogP contribution in [0.25, 0.3) is 0 Å². The Balaban J connectivity index is 2.07. The lowest BCUT2D eigenvalue weighted by molar-refractivity contribution is 0.157. The second kappa shape index (κ2) is 8.00. The van der Waals surface area contributed by atoms with Gasteiger partial charge in [0.15, 0.2) is 0 Å². The summed E-state index contributed by atoms with van der Waals surface area (Å²) in [7, 11) is 1.61. The Hall–Kier alpha value is -1.59. The molecule has 5 nitrogen and oxygen atoms in total. The normalized spacial score (nSPS) is 16.6. The van der Waals surface area contributed by atoms with Crippen LogP contribution in [0.15, 0.2) is 24.3 Å². The van der Waals surface area contributed by atoms with Crippen LogP contribution in [0.4, 0.5) is 4.79 Å². The third-order valence-corrected chi connectivity index (χ3v) is 3.88. The molecule has 1 aliphatic carbocycles. The number of benzene rings is 1. The van der Waals surface area contributed by atoms with E-state index >= 15 is 0 Å². The molecule has 1 aromatic rings. The molecule has 1 aliphatic rings. The minimum Gasteiger partial charge on any atom is -0.396 e. The molecule has 2 amide bonds. The molecule has 0 saturated heterocycles. The summed E-state index contributed by atoms with van der Waals surface area (Å²) in [4.78, 5) is 14.2. The molecule has 0 radical (unpaired) electrons. The summed E-state index contributed by atoms with van der Waals surface area (Å²) in [5.41, 5.74) is 2.55. The van der Waals surface area contributed by atoms with Gasteiger partial charge in [-0.3, -0.25) is 0 Å². The van der Waals surface area contributed by atoms with Crippen molar-refractivity contribution in [3.8, 4) is 0 Å². The van der Waals surface area contributed by atoms with Gasteiger partial charge in [0.05, 0.1) is 12.6 Å². The van der Waals surface area contributed by atoms with Crippen LogP contribution < -0.4 is 5.32 Å². The number of urea groups is 1. The number of methoxy groups -OCH3 is 1. The number of aliphatic hydroxyl groups excluding tert-OH is 1. The maximum absolute atomic E-state index is 12.4. The van der Waals surface area contributed by atoms with Gasteiger partial charge in [-0.15, -0.1) is 0 Å². The summed E-state index contributed by atoms with van der Waals surface area (Å²) in [6.07, 6.45) is 2.54. The molecule has 0 spiro atoms. The molecule has 21 heavy (non-hydrogen) atoms. The first kappa shape index (κ1) is 15.8. The number of aryl methyl sites for hydroxylation is 1. The molecule has 5 heteroatoms. The van der Waals surface area contributed by atoms with Crippen molar-refractivity contribution in [1.82, 2.24) is 10.2 Å². The predicted octanol–water partition coefficient (Wildman–Crippen LogP) is 1.71. The summed E-state index contributed by atoms with van der Waals surface area (Å²) in [5, 5.41) is 12.0. The van der Waals surface area contributed by atoms with E-state index in [4.69, 9.17) is 9.84 Å². The molecule has 0 fully saturated rings. The van der Waals surface area contributed by atoms with E-state index in [1.165, 1.54) is 11.1 Å². The van der Waals surface area contributed by atoms with Gasteiger partial charge in [-0.2, -0.15) is 0 Å². The highest BCUT2D eigenvalue weighted by atomic mass is 16.5. The molecular formula is C16H24N2O3. The zero-order valence-corrected chi connectivity index (χ0v) is 12.5. The second-order valence-corrected chi connectivity index (χ2v) is 5.25. The molecule has 0 aliphatic heterocycles. The predicted molar refractivity (Wildman–Crippen MR) is 81.2 cm³/mol. The van der Waals surface area contributed by atoms with Crippen LogP contribution >= 0.6 is 0 Å². The highest BCUT2D eigenvalue weighted by molar-refractivity contribution is 5.75. The van der Waals surface area contributed by atoms with Crippen molar-refractivity contribution in [3.63, 3.8) is 0 Å². The summed E-state index contributed by atoms with van der Waals surface area (Å²) >= 11 is 0. The number of carbonyl (C=O) groups excluding carboxylic acids is 1. The number of fused-ring (bicyclic) bond motifs is 1. The first-order valence-electron chi connectivity index (χ1n) is 7.50. The van der Waals surface area contributed by atoms with E-state index < -0.39 is 0 Å². The molecule has 0 heterocycles. The summed E-state index contributed by atoms with van der Waals surface area (Å²) in [5.74, 6) is 0. The maximum atomic E-state index is 12.4. The summed E-state index contributed by atoms with van der Waals surface area (Å²) < 4.78 is 4.96. The number of ether oxygens (including phenoxy) is 1. The zero-order chi connectivity index (χ0) is 15.1. The molecule has 2 rings (SSSR count). The van der Waals surface area contributed by atoms with Crippen LogP contribution in [0.5, 0.6) is 0 Å². The number of hydrogen-bond donors (Lipinski definition) is 2. The lowest BCUT2D eigenvalue weighted by atomic mass is 10.1. The Morgan fingerprint density at radius 2 is 2.29 bits per heavy atom. The van der Waals surface area contributed by atoms with Gasteiger partial charge in [-0.1, -0.05) is 24.3 Å². The number of hydrogen-bond acceptors (Lipinski definition) is 3. The van der Waals surface area contributed by atoms with Gasteiger partial charge >= 0.3 is 6.03 Å². The third-order valence-electron chi connectivity index (χ3n) is 3.88. The number of rotatable bonds is 7. The van der Waals surface area contributed by atoms with Gasteiger partial charge in [0.1, 0.15) is 0 Å². The standard InChI is InChI=1S/C16H24N2O3/c1-21-12-9-17-16(20)18(10-4-11-19)15-8-7-13-5-2-3-6-14(13)15/h2-3,5-6,15,19H,4,7-12H2,1H3,(H,17,20). The Kier molecular flexibility index (Phi) is 6.02. The lowest BCUT2D eigenvalue weighted by Crippen LogP contribution is -2.43. The number of carbonyl (C=O) groups is 1. The van der Waals surface area contributed by atoms with Crippen molar-refractivity contribution >= 4 is 6.03 Å². The fourth-order valence-corrected chi connectivity index (χ4v) is 2.86. The van der Waals surface area contributed by atoms with Crippen LogP contribution in [0, 0.1) is 0 Å². The van der Waals surface area contributed by atoms with Crippen LogP contribution in [-0.2, 0) is 11.2 Å². The third kappa shape index (κ3) is 3.95. The Morgan fingerprint density at radius 3 is 3.05 bits per heavy atom. The average Bonchev–Trinajstić information content (AvgIpc) is 2.92. The Morgan fingerprint density at radius 1 is 1.48 bits per heavy atom. The van der Waals surface area contributed by atoms with Gasteiger partial charge in [0.25, 0.3) is 0 Å². The number of nitrogens with one attached hydrogen (secondary N) is 1. The van der Waals surface area contributed by atoms with Crippen molar-refractivity contribution in [2.45, 2.75) is 25.3 Å². The molecule has 1 unspecified atom stereocenters. The van der Waals surface area contributed by atoms with Crippen LogP contribution in [0.1, 0.15) is 30.0 Å². The Bertz CT molecular complexity index is 465. The van der Waals surface area contributed by atoms with E-state index in [0.29, 0.717) is 26.1 Å². The van der Waals surface area contributed by atoms with E-state index in [1.54, 1.807) is 7.11 Å². The summed E-state index contributed by atoms with van der Waals surface area (Å²) in [6.45, 7) is 1.66. The van der Waals surface area contributed by atoms with Crippen molar-refractivity contribution < 1.29 is 14.6 Å². The number of nitrogens with zero attached hydrogens (tertiary/aromatic N) is 1. The van der Waals surface area contributed by atoms with Crippen LogP contribution in [0.3, 0.4) is 0 Å². The molecule has 2 N–H and O–H groups in total. The van der Waals surface area contributed by atoms with Crippen molar-refractivity contribution in [3.05, 3.63) is 35.4 Å². The molecule has 1 aromatic carbocycles. The van der Waals surface area contributed by atoms with Crippen LogP contribution in [0.2, 0.25) is 0 Å². The van der Waals surface area contributed by atoms with E-state index in [2.05, 4.69) is 17.4 Å². The fourth-order valence-electron chi connectivity index (χ4n) is 2.86. The van der Waals surface area contributed by atoms with Crippen molar-refractivity contribution in [1.29, 1.82) is 0 Å². The average molecular weight is 292 g/mol. The number of aliphatic hydroxyl groups is 1. The maximum Gasteiger partial charge on any atom is 0.317 e. The van der Waals surface area contributed by atoms with E-state index in [9.17, 15) is 4.79 Å². The molecular weight excluding hydrogens is 268 g/mol. The van der Waals surface area contributed by atoms with Gasteiger partial charge in [0, 0.05) is 26.8 Å². The minimum atomic E-state index is -0.0813. The Labute approximate surface area is 125 Å². The molecule has 116 valence electrons. The van der Waals surface area contributed by atoms with E-state index in [1.807, 2.05) is 17.0 Å². The SMILES string of the molecule is COCCNC(=O)N(CCCO)C1CCc2ccccc21. The quantitative estimate of drug-likeness (QED) is 0.752. The molecule has 0 saturated carbocycles. The molecule has 0 bridgehead atoms. The topological polar surface area (TPSA) is 61.8 Å². The smallest absolute Gasteiger partial charge is 0.317 e. The van der Waals surface area contributed by atoms with Crippen LogP contribution in [-0.4, -0.2) is 49.5 Å². The highest BCUT2D eigenvalue weighted by Gasteiger charge is 2.30.